The molecule has 0 bridgehead atoms. The molecule has 1 aliphatic heterocycles. The van der Waals surface area contributed by atoms with Crippen LogP contribution >= 0.6 is 0 Å². The number of rotatable bonds is 6. The van der Waals surface area contributed by atoms with Crippen LogP contribution in [-0.2, 0) is 20.6 Å². The average molecular weight is 404 g/mol. The Morgan fingerprint density at radius 2 is 1.61 bits per heavy atom. The second kappa shape index (κ2) is 8.97. The molecule has 2 aromatic carbocycles. The summed E-state index contributed by atoms with van der Waals surface area (Å²) in [5, 5.41) is 0. The molecule has 0 radical (unpaired) electrons. The Bertz CT molecular complexity index is 894. The number of anilines is 1. The molecule has 150 valence electrons. The predicted molar refractivity (Wildman–Crippen MR) is 107 cm³/mol. The number of piperazine rings is 1. The summed E-state index contributed by atoms with van der Waals surface area (Å²) in [6.45, 7) is 4.26. The minimum Gasteiger partial charge on any atom is -0.450 e. The van der Waals surface area contributed by atoms with Crippen LogP contribution in [-0.4, -0.2) is 52.2 Å². The monoisotopic (exact) mass is 404 g/mol. The van der Waals surface area contributed by atoms with Crippen LogP contribution in [0, 0.1) is 0 Å². The summed E-state index contributed by atoms with van der Waals surface area (Å²) in [4.78, 5) is 15.5. The number of carbonyl (C=O) groups excluding carboxylic acids is 1. The van der Waals surface area contributed by atoms with Crippen LogP contribution in [0.5, 0.6) is 5.75 Å². The summed E-state index contributed by atoms with van der Waals surface area (Å²) in [6, 6.07) is 16.0. The van der Waals surface area contributed by atoms with Crippen LogP contribution in [0.1, 0.15) is 12.5 Å². The highest BCUT2D eigenvalue weighted by atomic mass is 32.2. The Balaban J connectivity index is 1.69. The minimum atomic E-state index is -3.79. The van der Waals surface area contributed by atoms with Crippen molar-refractivity contribution in [1.82, 2.24) is 4.90 Å². The van der Waals surface area contributed by atoms with Crippen molar-refractivity contribution in [2.24, 2.45) is 0 Å². The highest BCUT2D eigenvalue weighted by molar-refractivity contribution is 7.86. The molecule has 0 saturated carbocycles. The van der Waals surface area contributed by atoms with E-state index in [1.165, 1.54) is 0 Å². The quantitative estimate of drug-likeness (QED) is 0.689. The van der Waals surface area contributed by atoms with Gasteiger partial charge in [0.05, 0.1) is 12.3 Å². The van der Waals surface area contributed by atoms with Crippen LogP contribution in [0.2, 0.25) is 0 Å². The number of hydrogen-bond acceptors (Lipinski definition) is 6. The van der Waals surface area contributed by atoms with Gasteiger partial charge < -0.3 is 18.7 Å². The Morgan fingerprint density at radius 1 is 0.964 bits per heavy atom. The maximum Gasteiger partial charge on any atom is 0.409 e. The zero-order valence-electron chi connectivity index (χ0n) is 15.8. The van der Waals surface area contributed by atoms with Crippen molar-refractivity contribution < 1.29 is 22.1 Å². The first-order valence-corrected chi connectivity index (χ1v) is 10.8. The van der Waals surface area contributed by atoms with Crippen molar-refractivity contribution in [2.45, 2.75) is 12.7 Å². The number of amides is 1. The van der Waals surface area contributed by atoms with Gasteiger partial charge in [0.1, 0.15) is 5.75 Å². The molecule has 2 aromatic rings. The van der Waals surface area contributed by atoms with Crippen molar-refractivity contribution in [3.8, 4) is 5.75 Å². The maximum absolute atomic E-state index is 12.5. The van der Waals surface area contributed by atoms with Crippen molar-refractivity contribution in [3.63, 3.8) is 0 Å². The van der Waals surface area contributed by atoms with Crippen molar-refractivity contribution in [1.29, 1.82) is 0 Å². The standard InChI is InChI=1S/C20H24N2O5S/c1-2-26-20(23)22-14-12-21(13-15-22)18-10-6-7-11-19(18)27-28(24,25)16-17-8-4-3-5-9-17/h3-11H,2,12-16H2,1H3. The topological polar surface area (TPSA) is 76.2 Å². The molecule has 0 spiro atoms. The second-order valence-electron chi connectivity index (χ2n) is 6.41. The number of carbonyl (C=O) groups is 1. The molecule has 1 aliphatic rings. The van der Waals surface area contributed by atoms with E-state index in [1.807, 2.05) is 23.1 Å². The highest BCUT2D eigenvalue weighted by Crippen LogP contribution is 2.30. The Labute approximate surface area is 165 Å². The Kier molecular flexibility index (Phi) is 6.41. The Morgan fingerprint density at radius 3 is 2.29 bits per heavy atom. The summed E-state index contributed by atoms with van der Waals surface area (Å²) >= 11 is 0. The third kappa shape index (κ3) is 5.16. The van der Waals surface area contributed by atoms with Gasteiger partial charge in [0, 0.05) is 26.2 Å². The number of hydrogen-bond donors (Lipinski definition) is 0. The number of nitrogens with zero attached hydrogens (tertiary/aromatic N) is 2. The zero-order valence-corrected chi connectivity index (χ0v) is 16.6. The molecule has 7 nitrogen and oxygen atoms in total. The predicted octanol–water partition coefficient (Wildman–Crippen LogP) is 2.87. The lowest BCUT2D eigenvalue weighted by Crippen LogP contribution is -2.49. The molecule has 1 amide bonds. The molecule has 0 aromatic heterocycles. The van der Waals surface area contributed by atoms with Crippen molar-refractivity contribution >= 4 is 21.9 Å². The van der Waals surface area contributed by atoms with Crippen LogP contribution in [0.15, 0.2) is 54.6 Å². The fourth-order valence-corrected chi connectivity index (χ4v) is 4.15. The summed E-state index contributed by atoms with van der Waals surface area (Å²) in [5.41, 5.74) is 1.37. The first-order chi connectivity index (χ1) is 13.5. The van der Waals surface area contributed by atoms with Crippen LogP contribution in [0.3, 0.4) is 0 Å². The van der Waals surface area contributed by atoms with Gasteiger partial charge in [-0.2, -0.15) is 8.42 Å². The highest BCUT2D eigenvalue weighted by Gasteiger charge is 2.25. The SMILES string of the molecule is CCOC(=O)N1CCN(c2ccccc2OS(=O)(=O)Cc2ccccc2)CC1. The summed E-state index contributed by atoms with van der Waals surface area (Å²) in [7, 11) is -3.79. The number of para-hydroxylation sites is 2. The molecule has 0 aliphatic carbocycles. The fourth-order valence-electron chi connectivity index (χ4n) is 3.08. The molecule has 1 heterocycles. The lowest BCUT2D eigenvalue weighted by Gasteiger charge is -2.35. The number of ether oxygens (including phenoxy) is 1. The molecule has 0 atom stereocenters. The lowest BCUT2D eigenvalue weighted by molar-refractivity contribution is 0.105. The Hall–Kier alpha value is -2.74. The second-order valence-corrected chi connectivity index (χ2v) is 7.98. The average Bonchev–Trinajstić information content (AvgIpc) is 2.69. The third-order valence-corrected chi connectivity index (χ3v) is 5.54. The molecule has 8 heteroatoms. The molecule has 28 heavy (non-hydrogen) atoms. The van der Waals surface area contributed by atoms with Gasteiger partial charge in [-0.25, -0.2) is 4.79 Å². The minimum absolute atomic E-state index is 0.196. The van der Waals surface area contributed by atoms with E-state index in [-0.39, 0.29) is 11.8 Å². The fraction of sp³-hybridized carbons (Fsp3) is 0.350. The summed E-state index contributed by atoms with van der Waals surface area (Å²) < 4.78 is 35.5. The molecule has 1 saturated heterocycles. The van der Waals surface area contributed by atoms with Gasteiger partial charge in [-0.1, -0.05) is 42.5 Å². The van der Waals surface area contributed by atoms with Gasteiger partial charge in [-0.15, -0.1) is 0 Å². The van der Waals surface area contributed by atoms with Gasteiger partial charge in [0.2, 0.25) is 0 Å². The van der Waals surface area contributed by atoms with Gasteiger partial charge in [0.15, 0.2) is 5.75 Å². The smallest absolute Gasteiger partial charge is 0.409 e. The van der Waals surface area contributed by atoms with E-state index in [0.717, 1.165) is 0 Å². The van der Waals surface area contributed by atoms with Crippen LogP contribution < -0.4 is 9.08 Å². The van der Waals surface area contributed by atoms with Crippen molar-refractivity contribution in [2.75, 3.05) is 37.7 Å². The van der Waals surface area contributed by atoms with Crippen LogP contribution in [0.4, 0.5) is 10.5 Å². The normalized spacial score (nSPS) is 14.6. The first-order valence-electron chi connectivity index (χ1n) is 9.20. The lowest BCUT2D eigenvalue weighted by atomic mass is 10.2. The molecule has 0 unspecified atom stereocenters. The molecule has 3 rings (SSSR count). The van der Waals surface area contributed by atoms with Crippen LogP contribution in [0.25, 0.3) is 0 Å². The van der Waals surface area contributed by atoms with Gasteiger partial charge in [0.25, 0.3) is 0 Å². The maximum atomic E-state index is 12.5. The molecular weight excluding hydrogens is 380 g/mol. The van der Waals surface area contributed by atoms with E-state index in [2.05, 4.69) is 0 Å². The molecule has 0 N–H and O–H groups in total. The molecular formula is C20H24N2O5S. The summed E-state index contributed by atoms with van der Waals surface area (Å²) in [5.74, 6) is 0.0988. The largest absolute Gasteiger partial charge is 0.450 e. The number of benzene rings is 2. The third-order valence-electron chi connectivity index (χ3n) is 4.41. The van der Waals surface area contributed by atoms with E-state index in [9.17, 15) is 13.2 Å². The van der Waals surface area contributed by atoms with Crippen molar-refractivity contribution in [3.05, 3.63) is 60.2 Å². The van der Waals surface area contributed by atoms with E-state index in [0.29, 0.717) is 49.8 Å². The van der Waals surface area contributed by atoms with E-state index < -0.39 is 10.1 Å². The van der Waals surface area contributed by atoms with Gasteiger partial charge >= 0.3 is 16.2 Å². The summed E-state index contributed by atoms with van der Waals surface area (Å²) in [6.07, 6.45) is -0.322. The molecule has 1 fully saturated rings. The van der Waals surface area contributed by atoms with Gasteiger partial charge in [-0.05, 0) is 24.6 Å². The van der Waals surface area contributed by atoms with E-state index >= 15 is 0 Å². The first kappa shape index (κ1) is 20.0. The van der Waals surface area contributed by atoms with E-state index in [4.69, 9.17) is 8.92 Å². The zero-order chi connectivity index (χ0) is 20.0. The van der Waals surface area contributed by atoms with Gasteiger partial charge in [-0.3, -0.25) is 0 Å². The van der Waals surface area contributed by atoms with E-state index in [1.54, 1.807) is 48.2 Å².